The van der Waals surface area contributed by atoms with E-state index < -0.39 is 10.0 Å². The van der Waals surface area contributed by atoms with Crippen LogP contribution in [-0.4, -0.2) is 51.6 Å². The van der Waals surface area contributed by atoms with Gasteiger partial charge in [-0.05, 0) is 56.1 Å². The number of hydrogen-bond acceptors (Lipinski definition) is 7. The molecular weight excluding hydrogens is 376 g/mol. The quantitative estimate of drug-likeness (QED) is 0.618. The summed E-state index contributed by atoms with van der Waals surface area (Å²) in [5.74, 6) is 2.20. The van der Waals surface area contributed by atoms with Gasteiger partial charge in [0.15, 0.2) is 0 Å². The Morgan fingerprint density at radius 2 is 1.89 bits per heavy atom. The maximum atomic E-state index is 12.0. The molecule has 0 bridgehead atoms. The van der Waals surface area contributed by atoms with Crippen molar-refractivity contribution in [1.82, 2.24) is 20.0 Å². The number of sulfonamides is 1. The molecule has 0 saturated carbocycles. The SMILES string of the molecule is CCNS(=O)(=O)c1ccc(Nc2cc(N(C)CC3CCNCC3)ncn2)cc1. The van der Waals surface area contributed by atoms with Gasteiger partial charge in [0.1, 0.15) is 18.0 Å². The number of rotatable bonds is 8. The first kappa shape index (κ1) is 20.5. The van der Waals surface area contributed by atoms with Gasteiger partial charge in [-0.2, -0.15) is 0 Å². The van der Waals surface area contributed by atoms with Crippen LogP contribution in [0, 0.1) is 5.92 Å². The normalized spacial score (nSPS) is 15.4. The van der Waals surface area contributed by atoms with Gasteiger partial charge >= 0.3 is 0 Å². The van der Waals surface area contributed by atoms with E-state index in [0.717, 1.165) is 31.1 Å². The van der Waals surface area contributed by atoms with Crippen molar-refractivity contribution < 1.29 is 8.42 Å². The fourth-order valence-corrected chi connectivity index (χ4v) is 4.35. The predicted octanol–water partition coefficient (Wildman–Crippen LogP) is 1.95. The number of nitrogens with zero attached hydrogens (tertiary/aromatic N) is 3. The fourth-order valence-electron chi connectivity index (χ4n) is 3.31. The third kappa shape index (κ3) is 5.40. The number of nitrogens with one attached hydrogen (secondary N) is 3. The first-order chi connectivity index (χ1) is 13.5. The lowest BCUT2D eigenvalue weighted by molar-refractivity contribution is 0.377. The molecule has 3 N–H and O–H groups in total. The Morgan fingerprint density at radius 3 is 2.57 bits per heavy atom. The first-order valence-electron chi connectivity index (χ1n) is 9.58. The Morgan fingerprint density at radius 1 is 1.18 bits per heavy atom. The molecule has 152 valence electrons. The van der Waals surface area contributed by atoms with E-state index in [9.17, 15) is 8.42 Å². The van der Waals surface area contributed by atoms with Crippen molar-refractivity contribution in [2.45, 2.75) is 24.7 Å². The van der Waals surface area contributed by atoms with Gasteiger partial charge in [0.2, 0.25) is 10.0 Å². The Balaban J connectivity index is 1.65. The molecule has 1 aromatic carbocycles. The minimum Gasteiger partial charge on any atom is -0.359 e. The van der Waals surface area contributed by atoms with E-state index in [1.807, 2.05) is 6.07 Å². The van der Waals surface area contributed by atoms with Crippen LogP contribution in [0.1, 0.15) is 19.8 Å². The monoisotopic (exact) mass is 404 g/mol. The molecule has 28 heavy (non-hydrogen) atoms. The van der Waals surface area contributed by atoms with Crippen molar-refractivity contribution in [1.29, 1.82) is 0 Å². The van der Waals surface area contributed by atoms with Crippen LogP contribution in [0.2, 0.25) is 0 Å². The molecule has 1 fully saturated rings. The molecule has 1 aliphatic rings. The van der Waals surface area contributed by atoms with Gasteiger partial charge in [-0.25, -0.2) is 23.1 Å². The van der Waals surface area contributed by atoms with Gasteiger partial charge in [0.25, 0.3) is 0 Å². The molecule has 2 heterocycles. The highest BCUT2D eigenvalue weighted by Crippen LogP contribution is 2.21. The molecule has 0 amide bonds. The smallest absolute Gasteiger partial charge is 0.240 e. The van der Waals surface area contributed by atoms with E-state index in [2.05, 4.69) is 37.3 Å². The summed E-state index contributed by atoms with van der Waals surface area (Å²) < 4.78 is 26.5. The average Bonchev–Trinajstić information content (AvgIpc) is 2.69. The van der Waals surface area contributed by atoms with Crippen LogP contribution in [0.4, 0.5) is 17.3 Å². The highest BCUT2D eigenvalue weighted by molar-refractivity contribution is 7.89. The van der Waals surface area contributed by atoms with Crippen LogP contribution in [-0.2, 0) is 10.0 Å². The second-order valence-electron chi connectivity index (χ2n) is 6.99. The lowest BCUT2D eigenvalue weighted by atomic mass is 9.98. The third-order valence-electron chi connectivity index (χ3n) is 4.81. The Labute approximate surface area is 166 Å². The lowest BCUT2D eigenvalue weighted by Gasteiger charge is -2.28. The van der Waals surface area contributed by atoms with E-state index in [0.29, 0.717) is 18.3 Å². The maximum Gasteiger partial charge on any atom is 0.240 e. The number of benzene rings is 1. The molecule has 0 radical (unpaired) electrons. The number of aromatic nitrogens is 2. The van der Waals surface area contributed by atoms with Crippen molar-refractivity contribution in [2.24, 2.45) is 5.92 Å². The van der Waals surface area contributed by atoms with Crippen molar-refractivity contribution in [3.05, 3.63) is 36.7 Å². The van der Waals surface area contributed by atoms with Gasteiger partial charge < -0.3 is 15.5 Å². The molecule has 2 aromatic rings. The summed E-state index contributed by atoms with van der Waals surface area (Å²) >= 11 is 0. The molecule has 0 unspecified atom stereocenters. The summed E-state index contributed by atoms with van der Waals surface area (Å²) in [6.45, 7) is 5.23. The summed E-state index contributed by atoms with van der Waals surface area (Å²) in [5.41, 5.74) is 0.765. The van der Waals surface area contributed by atoms with E-state index in [1.165, 1.54) is 12.8 Å². The summed E-state index contributed by atoms with van der Waals surface area (Å²) in [5, 5.41) is 6.60. The van der Waals surface area contributed by atoms with E-state index in [4.69, 9.17) is 0 Å². The minimum atomic E-state index is -3.45. The summed E-state index contributed by atoms with van der Waals surface area (Å²) in [7, 11) is -1.40. The molecule has 0 aliphatic carbocycles. The zero-order valence-electron chi connectivity index (χ0n) is 16.4. The number of hydrogen-bond donors (Lipinski definition) is 3. The molecule has 3 rings (SSSR count). The molecule has 0 spiro atoms. The van der Waals surface area contributed by atoms with Gasteiger partial charge in [0.05, 0.1) is 4.90 Å². The predicted molar refractivity (Wildman–Crippen MR) is 111 cm³/mol. The highest BCUT2D eigenvalue weighted by Gasteiger charge is 2.16. The van der Waals surface area contributed by atoms with Crippen LogP contribution >= 0.6 is 0 Å². The van der Waals surface area contributed by atoms with Crippen molar-refractivity contribution in [2.75, 3.05) is 43.4 Å². The Hall–Kier alpha value is -2.23. The third-order valence-corrected chi connectivity index (χ3v) is 6.37. The molecule has 1 saturated heterocycles. The topological polar surface area (TPSA) is 99.2 Å². The minimum absolute atomic E-state index is 0.241. The zero-order valence-corrected chi connectivity index (χ0v) is 17.2. The summed E-state index contributed by atoms with van der Waals surface area (Å²) in [6.07, 6.45) is 3.91. The second kappa shape index (κ2) is 9.31. The molecule has 0 atom stereocenters. The fraction of sp³-hybridized carbons (Fsp3) is 0.474. The van der Waals surface area contributed by atoms with Crippen LogP contribution in [0.15, 0.2) is 41.6 Å². The molecular formula is C19H28N6O2S. The molecule has 1 aliphatic heterocycles. The summed E-state index contributed by atoms with van der Waals surface area (Å²) in [4.78, 5) is 11.1. The Kier molecular flexibility index (Phi) is 6.82. The van der Waals surface area contributed by atoms with E-state index in [-0.39, 0.29) is 4.90 Å². The average molecular weight is 405 g/mol. The number of anilines is 3. The van der Waals surface area contributed by atoms with Crippen LogP contribution in [0.3, 0.4) is 0 Å². The van der Waals surface area contributed by atoms with Gasteiger partial charge in [-0.1, -0.05) is 6.92 Å². The zero-order chi connectivity index (χ0) is 20.0. The van der Waals surface area contributed by atoms with Crippen LogP contribution < -0.4 is 20.3 Å². The second-order valence-corrected chi connectivity index (χ2v) is 8.75. The lowest BCUT2D eigenvalue weighted by Crippen LogP contribution is -2.34. The molecule has 1 aromatic heterocycles. The van der Waals surface area contributed by atoms with Gasteiger partial charge in [0, 0.05) is 31.9 Å². The van der Waals surface area contributed by atoms with Crippen molar-refractivity contribution in [3.8, 4) is 0 Å². The standard InChI is InChI=1S/C19H28N6O2S/c1-3-23-28(26,27)17-6-4-16(5-7-17)24-18-12-19(22-14-21-18)25(2)13-15-8-10-20-11-9-15/h4-7,12,14-15,20,23H,3,8-11,13H2,1-2H3,(H,21,22,24). The van der Waals surface area contributed by atoms with Crippen LogP contribution in [0.25, 0.3) is 0 Å². The van der Waals surface area contributed by atoms with Crippen molar-refractivity contribution in [3.63, 3.8) is 0 Å². The summed E-state index contributed by atoms with van der Waals surface area (Å²) in [6, 6.07) is 8.51. The maximum absolute atomic E-state index is 12.0. The van der Waals surface area contributed by atoms with Gasteiger partial charge in [-0.15, -0.1) is 0 Å². The van der Waals surface area contributed by atoms with Gasteiger partial charge in [-0.3, -0.25) is 0 Å². The van der Waals surface area contributed by atoms with E-state index >= 15 is 0 Å². The first-order valence-corrected chi connectivity index (χ1v) is 11.1. The Bertz CT molecular complexity index is 866. The highest BCUT2D eigenvalue weighted by atomic mass is 32.2. The van der Waals surface area contributed by atoms with Crippen LogP contribution in [0.5, 0.6) is 0 Å². The van der Waals surface area contributed by atoms with E-state index in [1.54, 1.807) is 37.5 Å². The van der Waals surface area contributed by atoms with Crippen molar-refractivity contribution >= 4 is 27.3 Å². The molecule has 9 heteroatoms. The largest absolute Gasteiger partial charge is 0.359 e. The molecule has 8 nitrogen and oxygen atoms in total. The number of piperidine rings is 1.